The molecule has 1 N–H and O–H groups in total. The van der Waals surface area contributed by atoms with Crippen LogP contribution in [0.1, 0.15) is 5.56 Å². The van der Waals surface area contributed by atoms with Gasteiger partial charge in [-0.15, -0.1) is 10.2 Å². The molecule has 0 aliphatic carbocycles. The number of halogens is 1. The number of hydrogen-bond donors (Lipinski definition) is 1. The van der Waals surface area contributed by atoms with Gasteiger partial charge >= 0.3 is 0 Å². The maximum Gasteiger partial charge on any atom is 0.200 e. The monoisotopic (exact) mass is 288 g/mol. The van der Waals surface area contributed by atoms with E-state index in [1.165, 1.54) is 17.8 Å². The summed E-state index contributed by atoms with van der Waals surface area (Å²) >= 11 is 1.48. The zero-order valence-electron chi connectivity index (χ0n) is 10.9. The van der Waals surface area contributed by atoms with Crippen molar-refractivity contribution in [3.8, 4) is 0 Å². The summed E-state index contributed by atoms with van der Waals surface area (Å²) in [5, 5.41) is 12.1. The van der Waals surface area contributed by atoms with Gasteiger partial charge in [0, 0.05) is 17.6 Å². The Morgan fingerprint density at radius 3 is 3.00 bits per heavy atom. The van der Waals surface area contributed by atoms with Crippen LogP contribution < -0.4 is 5.32 Å². The lowest BCUT2D eigenvalue weighted by atomic mass is 10.2. The summed E-state index contributed by atoms with van der Waals surface area (Å²) in [6, 6.07) is 10.5. The number of benzene rings is 1. The summed E-state index contributed by atoms with van der Waals surface area (Å²) in [4.78, 5) is 0.971. The zero-order chi connectivity index (χ0) is 13.9. The highest BCUT2D eigenvalue weighted by molar-refractivity contribution is 7.99. The Morgan fingerprint density at radius 2 is 2.15 bits per heavy atom. The number of nitrogens with zero attached hydrogens (tertiary/aromatic N) is 3. The molecule has 4 nitrogen and oxygen atoms in total. The molecule has 0 amide bonds. The molecule has 3 aromatic rings. The number of fused-ring (bicyclic) bond motifs is 1. The first-order chi connectivity index (χ1) is 9.78. The van der Waals surface area contributed by atoms with E-state index in [1.807, 2.05) is 35.8 Å². The molecule has 3 rings (SSSR count). The number of aromatic nitrogens is 3. The molecule has 0 aliphatic heterocycles. The largest absolute Gasteiger partial charge is 0.316 e. The maximum atomic E-state index is 13.3. The molecule has 20 heavy (non-hydrogen) atoms. The Morgan fingerprint density at radius 1 is 1.25 bits per heavy atom. The average molecular weight is 288 g/mol. The predicted molar refractivity (Wildman–Crippen MR) is 76.3 cm³/mol. The van der Waals surface area contributed by atoms with Crippen LogP contribution in [0.5, 0.6) is 0 Å². The van der Waals surface area contributed by atoms with Crippen molar-refractivity contribution in [2.75, 3.05) is 7.05 Å². The fourth-order valence-corrected chi connectivity index (χ4v) is 2.89. The highest BCUT2D eigenvalue weighted by Crippen LogP contribution is 2.30. The standard InChI is InChI=1S/C14H13FN4S/c1-16-9-10-8-11(15)5-6-12(10)20-14-18-17-13-4-2-3-7-19(13)14/h2-8,16H,9H2,1H3. The van der Waals surface area contributed by atoms with Gasteiger partial charge in [-0.3, -0.25) is 4.40 Å². The van der Waals surface area contributed by atoms with E-state index in [1.54, 1.807) is 12.1 Å². The van der Waals surface area contributed by atoms with Gasteiger partial charge in [0.05, 0.1) is 0 Å². The SMILES string of the molecule is CNCc1cc(F)ccc1Sc1nnc2ccccn12. The fourth-order valence-electron chi connectivity index (χ4n) is 1.96. The number of hydrogen-bond acceptors (Lipinski definition) is 4. The lowest BCUT2D eigenvalue weighted by Gasteiger charge is -2.08. The minimum atomic E-state index is -0.231. The van der Waals surface area contributed by atoms with Crippen LogP contribution in [-0.4, -0.2) is 21.6 Å². The Balaban J connectivity index is 1.98. The normalized spacial score (nSPS) is 11.1. The molecule has 0 bridgehead atoms. The van der Waals surface area contributed by atoms with Crippen LogP contribution in [0.15, 0.2) is 52.6 Å². The van der Waals surface area contributed by atoms with Crippen molar-refractivity contribution in [3.63, 3.8) is 0 Å². The van der Waals surface area contributed by atoms with Crippen molar-refractivity contribution in [3.05, 3.63) is 54.0 Å². The molecule has 0 aliphatic rings. The third kappa shape index (κ3) is 2.52. The second kappa shape index (κ2) is 5.60. The first-order valence-electron chi connectivity index (χ1n) is 6.18. The Labute approximate surface area is 120 Å². The molecular weight excluding hydrogens is 275 g/mol. The fraction of sp³-hybridized carbons (Fsp3) is 0.143. The smallest absolute Gasteiger partial charge is 0.200 e. The second-order valence-corrected chi connectivity index (χ2v) is 5.30. The Bertz CT molecular complexity index is 741. The molecule has 102 valence electrons. The van der Waals surface area contributed by atoms with Gasteiger partial charge in [-0.2, -0.15) is 0 Å². The van der Waals surface area contributed by atoms with Gasteiger partial charge in [-0.25, -0.2) is 4.39 Å². The van der Waals surface area contributed by atoms with Crippen LogP contribution in [0.4, 0.5) is 4.39 Å². The van der Waals surface area contributed by atoms with Crippen molar-refractivity contribution in [1.82, 2.24) is 19.9 Å². The van der Waals surface area contributed by atoms with E-state index in [9.17, 15) is 4.39 Å². The second-order valence-electron chi connectivity index (χ2n) is 4.30. The summed E-state index contributed by atoms with van der Waals surface area (Å²) in [5.41, 5.74) is 1.71. The summed E-state index contributed by atoms with van der Waals surface area (Å²) in [5.74, 6) is -0.231. The molecule has 2 aromatic heterocycles. The van der Waals surface area contributed by atoms with Gasteiger partial charge in [0.1, 0.15) is 5.82 Å². The van der Waals surface area contributed by atoms with E-state index in [0.29, 0.717) is 6.54 Å². The summed E-state index contributed by atoms with van der Waals surface area (Å²) in [6.45, 7) is 0.608. The molecule has 0 spiro atoms. The minimum Gasteiger partial charge on any atom is -0.316 e. The molecule has 6 heteroatoms. The summed E-state index contributed by atoms with van der Waals surface area (Å²) < 4.78 is 15.2. The lowest BCUT2D eigenvalue weighted by Crippen LogP contribution is -2.06. The van der Waals surface area contributed by atoms with Gasteiger partial charge < -0.3 is 5.32 Å². The average Bonchev–Trinajstić information content (AvgIpc) is 2.86. The molecule has 2 heterocycles. The summed E-state index contributed by atoms with van der Waals surface area (Å²) in [7, 11) is 1.84. The number of rotatable bonds is 4. The molecule has 0 saturated heterocycles. The van der Waals surface area contributed by atoms with Gasteiger partial charge in [-0.05, 0) is 54.7 Å². The molecule has 0 fully saturated rings. The molecule has 1 aromatic carbocycles. The third-order valence-corrected chi connectivity index (χ3v) is 3.95. The van der Waals surface area contributed by atoms with Gasteiger partial charge in [0.2, 0.25) is 0 Å². The highest BCUT2D eigenvalue weighted by atomic mass is 32.2. The molecule has 0 atom stereocenters. The molecule has 0 radical (unpaired) electrons. The molecule has 0 unspecified atom stereocenters. The minimum absolute atomic E-state index is 0.231. The van der Waals surface area contributed by atoms with E-state index in [4.69, 9.17) is 0 Å². The van der Waals surface area contributed by atoms with Gasteiger partial charge in [0.25, 0.3) is 0 Å². The van der Waals surface area contributed by atoms with Crippen LogP contribution >= 0.6 is 11.8 Å². The molecular formula is C14H13FN4S. The Hall–Kier alpha value is -1.92. The van der Waals surface area contributed by atoms with Crippen LogP contribution in [0.3, 0.4) is 0 Å². The van der Waals surface area contributed by atoms with Gasteiger partial charge in [-0.1, -0.05) is 6.07 Å². The lowest BCUT2D eigenvalue weighted by molar-refractivity contribution is 0.621. The van der Waals surface area contributed by atoms with E-state index < -0.39 is 0 Å². The maximum absolute atomic E-state index is 13.3. The predicted octanol–water partition coefficient (Wildman–Crippen LogP) is 2.74. The first-order valence-corrected chi connectivity index (χ1v) is 7.00. The van der Waals surface area contributed by atoms with Crippen LogP contribution in [0, 0.1) is 5.82 Å². The Kier molecular flexibility index (Phi) is 3.66. The number of pyridine rings is 1. The van der Waals surface area contributed by atoms with Crippen molar-refractivity contribution >= 4 is 17.4 Å². The third-order valence-electron chi connectivity index (χ3n) is 2.87. The van der Waals surface area contributed by atoms with Crippen LogP contribution in [0.25, 0.3) is 5.65 Å². The van der Waals surface area contributed by atoms with E-state index in [2.05, 4.69) is 15.5 Å². The van der Waals surface area contributed by atoms with Gasteiger partial charge in [0.15, 0.2) is 10.8 Å². The number of nitrogens with one attached hydrogen (secondary N) is 1. The van der Waals surface area contributed by atoms with Crippen molar-refractivity contribution in [1.29, 1.82) is 0 Å². The van der Waals surface area contributed by atoms with Crippen molar-refractivity contribution in [2.45, 2.75) is 16.6 Å². The quantitative estimate of drug-likeness (QED) is 0.801. The van der Waals surface area contributed by atoms with E-state index in [-0.39, 0.29) is 5.82 Å². The van der Waals surface area contributed by atoms with Crippen molar-refractivity contribution < 1.29 is 4.39 Å². The van der Waals surface area contributed by atoms with Crippen LogP contribution in [-0.2, 0) is 6.54 Å². The zero-order valence-corrected chi connectivity index (χ0v) is 11.7. The topological polar surface area (TPSA) is 42.2 Å². The highest BCUT2D eigenvalue weighted by Gasteiger charge is 2.10. The molecule has 0 saturated carbocycles. The van der Waals surface area contributed by atoms with E-state index in [0.717, 1.165) is 21.3 Å². The van der Waals surface area contributed by atoms with Crippen LogP contribution in [0.2, 0.25) is 0 Å². The van der Waals surface area contributed by atoms with E-state index >= 15 is 0 Å². The summed E-state index contributed by atoms with van der Waals surface area (Å²) in [6.07, 6.45) is 1.92. The van der Waals surface area contributed by atoms with Crippen molar-refractivity contribution in [2.24, 2.45) is 0 Å². The first kappa shape index (κ1) is 13.1.